The topological polar surface area (TPSA) is 3.24 Å². The quantitative estimate of drug-likeness (QED) is 0.168. The van der Waals surface area contributed by atoms with Crippen LogP contribution in [-0.4, -0.2) is 7.05 Å². The van der Waals surface area contributed by atoms with Gasteiger partial charge >= 0.3 is 0 Å². The molecule has 0 N–H and O–H groups in total. The Morgan fingerprint density at radius 2 is 0.700 bits per heavy atom. The van der Waals surface area contributed by atoms with Crippen LogP contribution in [0, 0.1) is 41.5 Å². The molecule has 0 saturated carbocycles. The van der Waals surface area contributed by atoms with Crippen LogP contribution < -0.4 is 4.90 Å². The van der Waals surface area contributed by atoms with E-state index in [1.54, 1.807) is 0 Å². The molecule has 9 rings (SSSR count). The molecule has 0 bridgehead atoms. The molecular formula is C59H57N. The van der Waals surface area contributed by atoms with Crippen LogP contribution in [0.1, 0.15) is 33.4 Å². The highest BCUT2D eigenvalue weighted by molar-refractivity contribution is 5.87. The molecule has 9 aromatic rings. The second-order valence-corrected chi connectivity index (χ2v) is 15.5. The molecule has 1 heteroatoms. The first-order valence-electron chi connectivity index (χ1n) is 20.8. The Bertz CT molecular complexity index is 2650. The SMILES string of the molecule is Cc1ccc(-c2ccc(C)c(-c3ccc(N(C)c4ccc5ccccc5c4)cc3C)c2)cc1.Cc1ccc(-c2ccccc2)cc1.Cc1ccccc1C.c1ccccc1. The van der Waals surface area contributed by atoms with Crippen molar-refractivity contribution in [1.82, 2.24) is 0 Å². The minimum absolute atomic E-state index is 1.19. The molecule has 1 nitrogen and oxygen atoms in total. The fraction of sp³-hybridized carbons (Fsp3) is 0.119. The molecule has 0 saturated heterocycles. The van der Waals surface area contributed by atoms with Gasteiger partial charge < -0.3 is 4.90 Å². The normalized spacial score (nSPS) is 10.2. The molecule has 0 radical (unpaired) electrons. The van der Waals surface area contributed by atoms with Crippen molar-refractivity contribution < 1.29 is 0 Å². The number of hydrogen-bond acceptors (Lipinski definition) is 1. The Balaban J connectivity index is 0.000000180. The van der Waals surface area contributed by atoms with Gasteiger partial charge in [0.15, 0.2) is 0 Å². The lowest BCUT2D eigenvalue weighted by molar-refractivity contribution is 1.20. The molecule has 298 valence electrons. The van der Waals surface area contributed by atoms with E-state index in [1.807, 2.05) is 42.5 Å². The lowest BCUT2D eigenvalue weighted by Gasteiger charge is -2.22. The van der Waals surface area contributed by atoms with E-state index in [-0.39, 0.29) is 0 Å². The predicted molar refractivity (Wildman–Crippen MR) is 263 cm³/mol. The van der Waals surface area contributed by atoms with Crippen molar-refractivity contribution in [1.29, 1.82) is 0 Å². The van der Waals surface area contributed by atoms with Crippen LogP contribution in [0.15, 0.2) is 218 Å². The molecule has 60 heavy (non-hydrogen) atoms. The Morgan fingerprint density at radius 3 is 1.25 bits per heavy atom. The van der Waals surface area contributed by atoms with Gasteiger partial charge in [0.05, 0.1) is 0 Å². The van der Waals surface area contributed by atoms with Crippen LogP contribution in [0.4, 0.5) is 11.4 Å². The van der Waals surface area contributed by atoms with Crippen molar-refractivity contribution in [2.24, 2.45) is 0 Å². The Labute approximate surface area is 359 Å². The van der Waals surface area contributed by atoms with E-state index in [1.165, 1.54) is 88.9 Å². The third kappa shape index (κ3) is 11.8. The summed E-state index contributed by atoms with van der Waals surface area (Å²) >= 11 is 0. The molecule has 0 amide bonds. The summed E-state index contributed by atoms with van der Waals surface area (Å²) in [7, 11) is 2.14. The summed E-state index contributed by atoms with van der Waals surface area (Å²) in [5, 5.41) is 2.53. The number of nitrogens with zero attached hydrogens (tertiary/aromatic N) is 1. The number of anilines is 2. The third-order valence-electron chi connectivity index (χ3n) is 10.9. The molecule has 0 aromatic heterocycles. The number of benzene rings is 9. The minimum Gasteiger partial charge on any atom is -0.345 e. The van der Waals surface area contributed by atoms with Gasteiger partial charge in [-0.25, -0.2) is 0 Å². The average molecular weight is 780 g/mol. The van der Waals surface area contributed by atoms with Gasteiger partial charge in [-0.2, -0.15) is 0 Å². The Kier molecular flexibility index (Phi) is 15.0. The molecular weight excluding hydrogens is 723 g/mol. The number of hydrogen-bond donors (Lipinski definition) is 0. The third-order valence-corrected chi connectivity index (χ3v) is 10.9. The number of fused-ring (bicyclic) bond motifs is 1. The largest absolute Gasteiger partial charge is 0.345 e. The standard InChI is InChI=1S/C32H29N.C13H12.C8H10.C6H6/c1-22-9-12-26(13-10-22)28-14-11-23(2)32(21-28)31-18-17-29(19-24(31)3)33(4)30-16-15-25-7-5-6-8-27(25)20-30;1-11-7-9-13(10-8-11)12-5-3-2-4-6-12;1-7-5-3-4-6-8(7)2;1-2-4-6-5-3-1/h5-21H,1-4H3;2-10H,1H3;3-6H,1-2H3;1-6H. The smallest absolute Gasteiger partial charge is 0.0414 e. The van der Waals surface area contributed by atoms with Crippen molar-refractivity contribution in [3.8, 4) is 33.4 Å². The van der Waals surface area contributed by atoms with E-state index < -0.39 is 0 Å². The van der Waals surface area contributed by atoms with E-state index >= 15 is 0 Å². The zero-order valence-corrected chi connectivity index (χ0v) is 36.2. The second kappa shape index (κ2) is 21.2. The minimum atomic E-state index is 1.19. The van der Waals surface area contributed by atoms with Crippen molar-refractivity contribution in [2.75, 3.05) is 11.9 Å². The second-order valence-electron chi connectivity index (χ2n) is 15.5. The summed E-state index contributed by atoms with van der Waals surface area (Å²) in [6, 6.07) is 76.9. The average Bonchev–Trinajstić information content (AvgIpc) is 3.29. The van der Waals surface area contributed by atoms with E-state index in [2.05, 4.69) is 229 Å². The lowest BCUT2D eigenvalue weighted by Crippen LogP contribution is -2.09. The van der Waals surface area contributed by atoms with Crippen LogP contribution in [-0.2, 0) is 0 Å². The number of rotatable bonds is 5. The Hall–Kier alpha value is -6.96. The van der Waals surface area contributed by atoms with Gasteiger partial charge in [-0.3, -0.25) is 0 Å². The highest BCUT2D eigenvalue weighted by atomic mass is 15.1. The van der Waals surface area contributed by atoms with Gasteiger partial charge in [0.25, 0.3) is 0 Å². The summed E-state index contributed by atoms with van der Waals surface area (Å²) < 4.78 is 0. The van der Waals surface area contributed by atoms with Crippen molar-refractivity contribution in [3.05, 3.63) is 252 Å². The maximum Gasteiger partial charge on any atom is 0.0414 e. The molecule has 0 heterocycles. The summed E-state index contributed by atoms with van der Waals surface area (Å²) in [6.45, 7) is 12.9. The zero-order valence-electron chi connectivity index (χ0n) is 36.2. The predicted octanol–water partition coefficient (Wildman–Crippen LogP) is 16.5. The fourth-order valence-corrected chi connectivity index (χ4v) is 6.96. The van der Waals surface area contributed by atoms with Gasteiger partial charge in [0.1, 0.15) is 0 Å². The van der Waals surface area contributed by atoms with Crippen LogP contribution in [0.25, 0.3) is 44.2 Å². The molecule has 0 aliphatic heterocycles. The summed E-state index contributed by atoms with van der Waals surface area (Å²) in [5.74, 6) is 0. The molecule has 0 aliphatic rings. The van der Waals surface area contributed by atoms with Crippen LogP contribution in [0.2, 0.25) is 0 Å². The summed E-state index contributed by atoms with van der Waals surface area (Å²) in [4.78, 5) is 2.26. The molecule has 0 unspecified atom stereocenters. The van der Waals surface area contributed by atoms with E-state index in [9.17, 15) is 0 Å². The van der Waals surface area contributed by atoms with Gasteiger partial charge in [-0.1, -0.05) is 199 Å². The maximum atomic E-state index is 2.33. The molecule has 0 aliphatic carbocycles. The first-order chi connectivity index (χ1) is 29.2. The van der Waals surface area contributed by atoms with Crippen LogP contribution >= 0.6 is 0 Å². The fourth-order valence-electron chi connectivity index (χ4n) is 6.96. The molecule has 0 atom stereocenters. The van der Waals surface area contributed by atoms with E-state index in [4.69, 9.17) is 0 Å². The Morgan fingerprint density at radius 1 is 0.267 bits per heavy atom. The van der Waals surface area contributed by atoms with Gasteiger partial charge in [0, 0.05) is 18.4 Å². The highest BCUT2D eigenvalue weighted by Gasteiger charge is 2.11. The summed E-state index contributed by atoms with van der Waals surface area (Å²) in [5.41, 5.74) is 18.0. The van der Waals surface area contributed by atoms with Gasteiger partial charge in [0.2, 0.25) is 0 Å². The molecule has 0 spiro atoms. The van der Waals surface area contributed by atoms with E-state index in [0.717, 1.165) is 0 Å². The van der Waals surface area contributed by atoms with Crippen LogP contribution in [0.3, 0.4) is 0 Å². The van der Waals surface area contributed by atoms with Crippen molar-refractivity contribution in [3.63, 3.8) is 0 Å². The van der Waals surface area contributed by atoms with Gasteiger partial charge in [-0.05, 0) is 138 Å². The zero-order chi connectivity index (χ0) is 42.3. The highest BCUT2D eigenvalue weighted by Crippen LogP contribution is 2.35. The van der Waals surface area contributed by atoms with Crippen molar-refractivity contribution >= 4 is 22.1 Å². The van der Waals surface area contributed by atoms with Crippen molar-refractivity contribution in [2.45, 2.75) is 41.5 Å². The molecule has 9 aromatic carbocycles. The number of aryl methyl sites for hydroxylation is 6. The first kappa shape index (κ1) is 42.6. The summed E-state index contributed by atoms with van der Waals surface area (Å²) in [6.07, 6.45) is 0. The first-order valence-corrected chi connectivity index (χ1v) is 20.8. The molecule has 0 fully saturated rings. The maximum absolute atomic E-state index is 2.33. The van der Waals surface area contributed by atoms with Gasteiger partial charge in [-0.15, -0.1) is 0 Å². The monoisotopic (exact) mass is 779 g/mol. The van der Waals surface area contributed by atoms with Crippen LogP contribution in [0.5, 0.6) is 0 Å². The lowest BCUT2D eigenvalue weighted by atomic mass is 9.92. The van der Waals surface area contributed by atoms with E-state index in [0.29, 0.717) is 0 Å².